The van der Waals surface area contributed by atoms with Crippen molar-refractivity contribution in [1.29, 1.82) is 0 Å². The van der Waals surface area contributed by atoms with E-state index >= 15 is 0 Å². The molecule has 1 heterocycles. The molecule has 5 rings (SSSR count). The Bertz CT molecular complexity index is 1170. The highest BCUT2D eigenvalue weighted by atomic mass is 15.1. The fourth-order valence-corrected chi connectivity index (χ4v) is 3.66. The van der Waals surface area contributed by atoms with Gasteiger partial charge in [0.25, 0.3) is 0 Å². The molecule has 128 valence electrons. The Hall–Kier alpha value is -3.65. The lowest BCUT2D eigenvalue weighted by Gasteiger charge is -2.27. The molecular formula is C25H18N2. The molecule has 0 bridgehead atoms. The third-order valence-electron chi connectivity index (χ3n) is 4.86. The fraction of sp³-hybridized carbons (Fsp3) is 0. The summed E-state index contributed by atoms with van der Waals surface area (Å²) in [6.45, 7) is 0. The molecule has 0 radical (unpaired) electrons. The summed E-state index contributed by atoms with van der Waals surface area (Å²) in [6.07, 6.45) is 1.86. The van der Waals surface area contributed by atoms with E-state index in [4.69, 9.17) is 0 Å². The van der Waals surface area contributed by atoms with Gasteiger partial charge in [-0.05, 0) is 36.4 Å². The zero-order valence-electron chi connectivity index (χ0n) is 14.8. The van der Waals surface area contributed by atoms with Crippen LogP contribution in [-0.2, 0) is 0 Å². The van der Waals surface area contributed by atoms with Crippen molar-refractivity contribution in [3.63, 3.8) is 0 Å². The Morgan fingerprint density at radius 1 is 0.556 bits per heavy atom. The number of nitrogens with zero attached hydrogens (tertiary/aromatic N) is 2. The van der Waals surface area contributed by atoms with Crippen LogP contribution in [0.15, 0.2) is 109 Å². The van der Waals surface area contributed by atoms with Gasteiger partial charge in [0.05, 0.1) is 11.2 Å². The predicted molar refractivity (Wildman–Crippen MR) is 114 cm³/mol. The molecule has 0 atom stereocenters. The lowest BCUT2D eigenvalue weighted by molar-refractivity contribution is 1.30. The highest BCUT2D eigenvalue weighted by molar-refractivity contribution is 6.12. The van der Waals surface area contributed by atoms with Crippen LogP contribution in [0.1, 0.15) is 0 Å². The summed E-state index contributed by atoms with van der Waals surface area (Å²) in [7, 11) is 0. The molecule has 0 aliphatic heterocycles. The molecule has 5 aromatic rings. The summed E-state index contributed by atoms with van der Waals surface area (Å²) in [4.78, 5) is 6.95. The van der Waals surface area contributed by atoms with E-state index in [1.54, 1.807) is 0 Å². The van der Waals surface area contributed by atoms with Gasteiger partial charge in [-0.15, -0.1) is 0 Å². The van der Waals surface area contributed by atoms with Crippen LogP contribution in [0.5, 0.6) is 0 Å². The van der Waals surface area contributed by atoms with Crippen molar-refractivity contribution in [2.75, 3.05) is 4.90 Å². The van der Waals surface area contributed by atoms with E-state index in [-0.39, 0.29) is 0 Å². The van der Waals surface area contributed by atoms with Gasteiger partial charge < -0.3 is 4.90 Å². The third-order valence-corrected chi connectivity index (χ3v) is 4.86. The Balaban J connectivity index is 1.87. The van der Waals surface area contributed by atoms with Crippen molar-refractivity contribution in [3.05, 3.63) is 109 Å². The monoisotopic (exact) mass is 346 g/mol. The van der Waals surface area contributed by atoms with E-state index < -0.39 is 0 Å². The highest BCUT2D eigenvalue weighted by Gasteiger charge is 2.16. The van der Waals surface area contributed by atoms with Crippen LogP contribution in [0, 0.1) is 0 Å². The minimum Gasteiger partial charge on any atom is -0.310 e. The summed E-state index contributed by atoms with van der Waals surface area (Å²) in [5, 5.41) is 3.50. The van der Waals surface area contributed by atoms with E-state index in [1.807, 2.05) is 12.3 Å². The number of hydrogen-bond donors (Lipinski definition) is 0. The van der Waals surface area contributed by atoms with Crippen molar-refractivity contribution >= 4 is 38.7 Å². The van der Waals surface area contributed by atoms with Crippen molar-refractivity contribution in [2.45, 2.75) is 0 Å². The molecule has 4 aromatic carbocycles. The van der Waals surface area contributed by atoms with Crippen LogP contribution < -0.4 is 4.90 Å². The summed E-state index contributed by atoms with van der Waals surface area (Å²) >= 11 is 0. The summed E-state index contributed by atoms with van der Waals surface area (Å²) in [6, 6.07) is 35.9. The smallest absolute Gasteiger partial charge is 0.0781 e. The molecule has 0 amide bonds. The Morgan fingerprint density at radius 3 is 1.81 bits per heavy atom. The van der Waals surface area contributed by atoms with E-state index in [1.165, 1.54) is 10.8 Å². The standard InChI is InChI=1S/C25H18N2/c1-3-11-20(12-4-1)27(21-13-5-2-6-14-21)24-18-19-10-9-17-26-25(19)23-16-8-7-15-22(23)24/h1-18H. The maximum Gasteiger partial charge on any atom is 0.0781 e. The number of fused-ring (bicyclic) bond motifs is 3. The van der Waals surface area contributed by atoms with Gasteiger partial charge in [0, 0.05) is 33.7 Å². The number of anilines is 3. The molecule has 0 unspecified atom stereocenters. The first kappa shape index (κ1) is 15.6. The van der Waals surface area contributed by atoms with Crippen LogP contribution in [0.4, 0.5) is 17.1 Å². The largest absolute Gasteiger partial charge is 0.310 e. The van der Waals surface area contributed by atoms with Crippen molar-refractivity contribution in [3.8, 4) is 0 Å². The molecule has 0 saturated carbocycles. The normalized spacial score (nSPS) is 11.0. The number of aromatic nitrogens is 1. The lowest BCUT2D eigenvalue weighted by atomic mass is 10.0. The first-order valence-electron chi connectivity index (χ1n) is 9.08. The second-order valence-electron chi connectivity index (χ2n) is 6.52. The average Bonchev–Trinajstić information content (AvgIpc) is 2.76. The molecule has 1 aromatic heterocycles. The molecule has 2 nitrogen and oxygen atoms in total. The van der Waals surface area contributed by atoms with Crippen LogP contribution in [0.25, 0.3) is 21.7 Å². The number of benzene rings is 4. The van der Waals surface area contributed by atoms with Crippen molar-refractivity contribution < 1.29 is 0 Å². The molecule has 0 aliphatic carbocycles. The summed E-state index contributed by atoms with van der Waals surface area (Å²) in [5.74, 6) is 0. The first-order valence-corrected chi connectivity index (χ1v) is 9.08. The molecule has 27 heavy (non-hydrogen) atoms. The van der Waals surface area contributed by atoms with Gasteiger partial charge in [-0.25, -0.2) is 0 Å². The molecule has 0 aliphatic rings. The number of para-hydroxylation sites is 2. The van der Waals surface area contributed by atoms with Crippen molar-refractivity contribution in [1.82, 2.24) is 4.98 Å². The van der Waals surface area contributed by atoms with Gasteiger partial charge in [-0.1, -0.05) is 66.7 Å². The minimum absolute atomic E-state index is 1.04. The van der Waals surface area contributed by atoms with Crippen LogP contribution in [-0.4, -0.2) is 4.98 Å². The van der Waals surface area contributed by atoms with Crippen LogP contribution >= 0.6 is 0 Å². The Labute approximate surface area is 158 Å². The zero-order valence-corrected chi connectivity index (χ0v) is 14.8. The maximum atomic E-state index is 4.64. The first-order chi connectivity index (χ1) is 13.4. The highest BCUT2D eigenvalue weighted by Crippen LogP contribution is 2.40. The lowest BCUT2D eigenvalue weighted by Crippen LogP contribution is -2.10. The quantitative estimate of drug-likeness (QED) is 0.332. The molecule has 2 heteroatoms. The van der Waals surface area contributed by atoms with E-state index in [0.29, 0.717) is 0 Å². The van der Waals surface area contributed by atoms with Crippen molar-refractivity contribution in [2.24, 2.45) is 0 Å². The van der Waals surface area contributed by atoms with E-state index in [9.17, 15) is 0 Å². The second-order valence-corrected chi connectivity index (χ2v) is 6.52. The van der Waals surface area contributed by atoms with Gasteiger partial charge >= 0.3 is 0 Å². The summed E-state index contributed by atoms with van der Waals surface area (Å²) in [5.41, 5.74) is 4.47. The number of hydrogen-bond acceptors (Lipinski definition) is 2. The Kier molecular flexibility index (Phi) is 3.80. The molecular weight excluding hydrogens is 328 g/mol. The van der Waals surface area contributed by atoms with Gasteiger partial charge in [0.15, 0.2) is 0 Å². The molecule has 0 fully saturated rings. The van der Waals surface area contributed by atoms with Gasteiger partial charge in [-0.3, -0.25) is 4.98 Å². The van der Waals surface area contributed by atoms with Gasteiger partial charge in [-0.2, -0.15) is 0 Å². The average molecular weight is 346 g/mol. The molecule has 0 spiro atoms. The minimum atomic E-state index is 1.04. The Morgan fingerprint density at radius 2 is 1.15 bits per heavy atom. The SMILES string of the molecule is c1ccc(N(c2ccccc2)c2cc3cccnc3c3ccccc23)cc1. The van der Waals surface area contributed by atoms with Crippen LogP contribution in [0.3, 0.4) is 0 Å². The molecule has 0 saturated heterocycles. The predicted octanol–water partition coefficient (Wildman–Crippen LogP) is 6.86. The van der Waals surface area contributed by atoms with Crippen LogP contribution in [0.2, 0.25) is 0 Å². The zero-order chi connectivity index (χ0) is 18.1. The second kappa shape index (κ2) is 6.58. The topological polar surface area (TPSA) is 16.1 Å². The van der Waals surface area contributed by atoms with Gasteiger partial charge in [0.1, 0.15) is 0 Å². The number of rotatable bonds is 3. The fourth-order valence-electron chi connectivity index (χ4n) is 3.66. The van der Waals surface area contributed by atoms with Gasteiger partial charge in [0.2, 0.25) is 0 Å². The summed E-state index contributed by atoms with van der Waals surface area (Å²) < 4.78 is 0. The molecule has 0 N–H and O–H groups in total. The maximum absolute atomic E-state index is 4.64. The third kappa shape index (κ3) is 2.72. The van der Waals surface area contributed by atoms with E-state index in [0.717, 1.165) is 28.0 Å². The van der Waals surface area contributed by atoms with E-state index in [2.05, 4.69) is 107 Å². The number of pyridine rings is 1.